The van der Waals surface area contributed by atoms with E-state index in [1.165, 1.54) is 0 Å². The molecule has 1 aromatic carbocycles. The van der Waals surface area contributed by atoms with Crippen LogP contribution in [0.2, 0.25) is 0 Å². The molecule has 0 aliphatic rings. The standard InChI is InChI=1S/C8H3BrCl2F2O/c9-8(10,11)7(14)4-1-2-5(12)6(13)3-4/h1-3H. The molecule has 0 aromatic heterocycles. The van der Waals surface area contributed by atoms with Crippen molar-refractivity contribution in [3.05, 3.63) is 35.4 Å². The normalized spacial score (nSPS) is 11.5. The van der Waals surface area contributed by atoms with E-state index in [0.717, 1.165) is 18.2 Å². The van der Waals surface area contributed by atoms with Crippen LogP contribution in [0.15, 0.2) is 18.2 Å². The van der Waals surface area contributed by atoms with Gasteiger partial charge in [0, 0.05) is 5.56 Å². The summed E-state index contributed by atoms with van der Waals surface area (Å²) in [6, 6.07) is 2.66. The average molecular weight is 304 g/mol. The van der Waals surface area contributed by atoms with Crippen molar-refractivity contribution in [3.63, 3.8) is 0 Å². The topological polar surface area (TPSA) is 17.1 Å². The van der Waals surface area contributed by atoms with Crippen LogP contribution in [0.5, 0.6) is 0 Å². The van der Waals surface area contributed by atoms with Crippen LogP contribution in [0.25, 0.3) is 0 Å². The van der Waals surface area contributed by atoms with E-state index < -0.39 is 20.7 Å². The SMILES string of the molecule is O=C(c1ccc(F)c(F)c1)C(Cl)(Cl)Br. The molecule has 0 atom stereocenters. The van der Waals surface area contributed by atoms with Gasteiger partial charge in [-0.2, -0.15) is 0 Å². The highest BCUT2D eigenvalue weighted by Crippen LogP contribution is 2.32. The molecule has 0 aliphatic heterocycles. The van der Waals surface area contributed by atoms with Crippen molar-refractivity contribution < 1.29 is 13.6 Å². The Hall–Kier alpha value is -0.190. The maximum atomic E-state index is 12.7. The van der Waals surface area contributed by atoms with E-state index in [2.05, 4.69) is 15.9 Å². The van der Waals surface area contributed by atoms with Gasteiger partial charge in [0.05, 0.1) is 0 Å². The van der Waals surface area contributed by atoms with Crippen molar-refractivity contribution in [1.29, 1.82) is 0 Å². The molecule has 0 bridgehead atoms. The lowest BCUT2D eigenvalue weighted by Crippen LogP contribution is -2.18. The summed E-state index contributed by atoms with van der Waals surface area (Å²) in [4.78, 5) is 11.3. The summed E-state index contributed by atoms with van der Waals surface area (Å²) in [6.45, 7) is 0. The monoisotopic (exact) mass is 302 g/mol. The molecule has 1 aromatic rings. The lowest BCUT2D eigenvalue weighted by atomic mass is 10.1. The van der Waals surface area contributed by atoms with Crippen LogP contribution in [-0.2, 0) is 0 Å². The molecule has 1 rings (SSSR count). The van der Waals surface area contributed by atoms with E-state index >= 15 is 0 Å². The van der Waals surface area contributed by atoms with Crippen molar-refractivity contribution in [2.75, 3.05) is 0 Å². The van der Waals surface area contributed by atoms with Crippen LogP contribution < -0.4 is 0 Å². The lowest BCUT2D eigenvalue weighted by molar-refractivity contribution is 0.0999. The van der Waals surface area contributed by atoms with Gasteiger partial charge in [0.25, 0.3) is 0 Å². The largest absolute Gasteiger partial charge is 0.290 e. The molecule has 0 unspecified atom stereocenters. The van der Waals surface area contributed by atoms with Gasteiger partial charge in [-0.3, -0.25) is 4.79 Å². The van der Waals surface area contributed by atoms with Gasteiger partial charge < -0.3 is 0 Å². The Labute approximate surface area is 97.1 Å². The number of ketones is 1. The molecule has 1 nitrogen and oxygen atoms in total. The van der Waals surface area contributed by atoms with Crippen molar-refractivity contribution in [2.45, 2.75) is 3.24 Å². The molecule has 0 saturated carbocycles. The van der Waals surface area contributed by atoms with Gasteiger partial charge in [0.2, 0.25) is 9.03 Å². The Morgan fingerprint density at radius 3 is 2.29 bits per heavy atom. The van der Waals surface area contributed by atoms with E-state index in [1.54, 1.807) is 0 Å². The van der Waals surface area contributed by atoms with Gasteiger partial charge in [-0.15, -0.1) is 0 Å². The predicted octanol–water partition coefficient (Wildman–Crippen LogP) is 3.67. The molecular formula is C8H3BrCl2F2O. The number of Topliss-reactive ketones (excluding diaryl/α,β-unsaturated/α-hetero) is 1. The maximum absolute atomic E-state index is 12.7. The zero-order chi connectivity index (χ0) is 10.9. The van der Waals surface area contributed by atoms with Crippen LogP contribution in [-0.4, -0.2) is 9.03 Å². The highest BCUT2D eigenvalue weighted by Gasteiger charge is 2.31. The van der Waals surface area contributed by atoms with Crippen molar-refractivity contribution in [3.8, 4) is 0 Å². The van der Waals surface area contributed by atoms with Crippen LogP contribution >= 0.6 is 39.1 Å². The quantitative estimate of drug-likeness (QED) is 0.602. The number of alkyl halides is 3. The molecule has 0 radical (unpaired) electrons. The van der Waals surface area contributed by atoms with Gasteiger partial charge in [0.1, 0.15) is 0 Å². The Morgan fingerprint density at radius 1 is 1.29 bits per heavy atom. The van der Waals surface area contributed by atoms with Crippen LogP contribution in [0, 0.1) is 11.6 Å². The van der Waals surface area contributed by atoms with Gasteiger partial charge in [-0.05, 0) is 34.1 Å². The third kappa shape index (κ3) is 2.65. The average Bonchev–Trinajstić information content (AvgIpc) is 2.07. The molecule has 0 fully saturated rings. The van der Waals surface area contributed by atoms with E-state index in [4.69, 9.17) is 23.2 Å². The number of hydrogen-bond acceptors (Lipinski definition) is 1. The second-order valence-corrected chi connectivity index (χ2v) is 5.89. The summed E-state index contributed by atoms with van der Waals surface area (Å²) in [6.07, 6.45) is 0. The zero-order valence-electron chi connectivity index (χ0n) is 6.53. The summed E-state index contributed by atoms with van der Waals surface area (Å²) in [5, 5.41) is 0. The molecule has 0 saturated heterocycles. The van der Waals surface area contributed by atoms with Crippen molar-refractivity contribution in [2.24, 2.45) is 0 Å². The molecule has 0 spiro atoms. The zero-order valence-corrected chi connectivity index (χ0v) is 9.63. The fraction of sp³-hybridized carbons (Fsp3) is 0.125. The molecule has 14 heavy (non-hydrogen) atoms. The highest BCUT2D eigenvalue weighted by molar-refractivity contribution is 9.11. The van der Waals surface area contributed by atoms with Gasteiger partial charge in [0.15, 0.2) is 11.6 Å². The van der Waals surface area contributed by atoms with Crippen LogP contribution in [0.1, 0.15) is 10.4 Å². The first-order chi connectivity index (χ1) is 6.32. The van der Waals surface area contributed by atoms with Crippen LogP contribution in [0.3, 0.4) is 0 Å². The Balaban J connectivity index is 3.10. The highest BCUT2D eigenvalue weighted by atomic mass is 79.9. The number of carbonyl (C=O) groups is 1. The lowest BCUT2D eigenvalue weighted by Gasteiger charge is -2.09. The fourth-order valence-electron chi connectivity index (χ4n) is 0.801. The summed E-state index contributed by atoms with van der Waals surface area (Å²) >= 11 is 13.5. The number of hydrogen-bond donors (Lipinski definition) is 0. The number of benzene rings is 1. The number of carbonyl (C=O) groups excluding carboxylic acids is 1. The van der Waals surface area contributed by atoms with Gasteiger partial charge in [-0.1, -0.05) is 23.2 Å². The molecular weight excluding hydrogens is 301 g/mol. The minimum absolute atomic E-state index is 0.106. The molecule has 0 aliphatic carbocycles. The first-order valence-corrected chi connectivity index (χ1v) is 4.94. The fourth-order valence-corrected chi connectivity index (χ4v) is 1.25. The molecule has 0 N–H and O–H groups in total. The Bertz CT molecular complexity index is 376. The number of rotatable bonds is 2. The summed E-state index contributed by atoms with van der Waals surface area (Å²) < 4.78 is 23.4. The van der Waals surface area contributed by atoms with Crippen LogP contribution in [0.4, 0.5) is 8.78 Å². The van der Waals surface area contributed by atoms with Gasteiger partial charge in [-0.25, -0.2) is 8.78 Å². The second-order valence-electron chi connectivity index (χ2n) is 2.46. The first-order valence-electron chi connectivity index (χ1n) is 3.39. The summed E-state index contributed by atoms with van der Waals surface area (Å²) in [5.74, 6) is -2.91. The summed E-state index contributed by atoms with van der Waals surface area (Å²) in [7, 11) is 0. The Kier molecular flexibility index (Phi) is 3.50. The molecule has 0 amide bonds. The van der Waals surface area contributed by atoms with Crippen molar-refractivity contribution >= 4 is 44.9 Å². The van der Waals surface area contributed by atoms with E-state index in [9.17, 15) is 13.6 Å². The second kappa shape index (κ2) is 4.13. The smallest absolute Gasteiger partial charge is 0.234 e. The molecule has 0 heterocycles. The minimum Gasteiger partial charge on any atom is -0.290 e. The molecule has 6 heteroatoms. The van der Waals surface area contributed by atoms with Gasteiger partial charge >= 0.3 is 0 Å². The van der Waals surface area contributed by atoms with E-state index in [-0.39, 0.29) is 5.56 Å². The first kappa shape index (κ1) is 11.9. The number of halogens is 5. The Morgan fingerprint density at radius 2 is 1.86 bits per heavy atom. The maximum Gasteiger partial charge on any atom is 0.234 e. The van der Waals surface area contributed by atoms with E-state index in [1.807, 2.05) is 0 Å². The molecule has 76 valence electrons. The predicted molar refractivity (Wildman–Crippen MR) is 54.1 cm³/mol. The van der Waals surface area contributed by atoms with Crippen molar-refractivity contribution in [1.82, 2.24) is 0 Å². The third-order valence-corrected chi connectivity index (χ3v) is 2.14. The summed E-state index contributed by atoms with van der Waals surface area (Å²) in [5.41, 5.74) is -0.106. The third-order valence-electron chi connectivity index (χ3n) is 1.44. The van der Waals surface area contributed by atoms with E-state index in [0.29, 0.717) is 0 Å². The minimum atomic E-state index is -1.82.